The van der Waals surface area contributed by atoms with Crippen LogP contribution in [0.1, 0.15) is 0 Å². The van der Waals surface area contributed by atoms with Gasteiger partial charge in [0.05, 0.1) is 10.7 Å². The number of carbonyl (C=O) groups is 1. The number of amides is 1. The molecule has 1 aliphatic rings. The monoisotopic (exact) mass is 576 g/mol. The molecule has 0 unspecified atom stereocenters. The van der Waals surface area contributed by atoms with Gasteiger partial charge in [0.1, 0.15) is 11.4 Å². The van der Waals surface area contributed by atoms with Gasteiger partial charge in [0.15, 0.2) is 4.90 Å². The number of nitro groups is 1. The van der Waals surface area contributed by atoms with Crippen molar-refractivity contribution in [3.63, 3.8) is 0 Å². The molecular formula is C27H24N6O5S2. The highest BCUT2D eigenvalue weighted by atomic mass is 32.2. The highest BCUT2D eigenvalue weighted by Crippen LogP contribution is 2.30. The Labute approximate surface area is 235 Å². The van der Waals surface area contributed by atoms with E-state index in [1.807, 2.05) is 60.7 Å². The lowest BCUT2D eigenvalue weighted by atomic mass is 10.0. The lowest BCUT2D eigenvalue weighted by Crippen LogP contribution is -2.51. The minimum atomic E-state index is -4.08. The summed E-state index contributed by atoms with van der Waals surface area (Å²) in [5, 5.41) is 20.3. The van der Waals surface area contributed by atoms with Crippen molar-refractivity contribution in [3.05, 3.63) is 95.0 Å². The molecule has 11 nitrogen and oxygen atoms in total. The van der Waals surface area contributed by atoms with Crippen LogP contribution >= 0.6 is 11.8 Å². The summed E-state index contributed by atoms with van der Waals surface area (Å²) in [6.45, 7) is 0.403. The molecule has 1 aliphatic heterocycles. The minimum absolute atomic E-state index is 0.0345. The van der Waals surface area contributed by atoms with E-state index < -0.39 is 20.6 Å². The smallest absolute Gasteiger partial charge is 0.289 e. The van der Waals surface area contributed by atoms with Gasteiger partial charge in [0.25, 0.3) is 5.69 Å². The maximum absolute atomic E-state index is 13.1. The number of hydrogen-bond acceptors (Lipinski definition) is 9. The Morgan fingerprint density at radius 1 is 0.825 bits per heavy atom. The number of hydrogen-bond donors (Lipinski definition) is 0. The van der Waals surface area contributed by atoms with Crippen molar-refractivity contribution in [1.82, 2.24) is 24.4 Å². The first-order valence-electron chi connectivity index (χ1n) is 12.3. The lowest BCUT2D eigenvalue weighted by molar-refractivity contribution is -0.387. The molecule has 0 bridgehead atoms. The van der Waals surface area contributed by atoms with Crippen molar-refractivity contribution in [2.75, 3.05) is 31.9 Å². The minimum Gasteiger partial charge on any atom is -0.339 e. The topological polar surface area (TPSA) is 140 Å². The summed E-state index contributed by atoms with van der Waals surface area (Å²) in [5.41, 5.74) is 2.58. The Kier molecular flexibility index (Phi) is 8.14. The van der Waals surface area contributed by atoms with Gasteiger partial charge in [-0.2, -0.15) is 4.31 Å². The molecule has 2 heterocycles. The summed E-state index contributed by atoms with van der Waals surface area (Å²) in [5.74, 6) is -0.137. The van der Waals surface area contributed by atoms with Gasteiger partial charge >= 0.3 is 0 Å². The molecule has 1 fully saturated rings. The Morgan fingerprint density at radius 2 is 1.40 bits per heavy atom. The number of sulfonamides is 1. The van der Waals surface area contributed by atoms with E-state index in [9.17, 15) is 23.3 Å². The second-order valence-electron chi connectivity index (χ2n) is 8.82. The van der Waals surface area contributed by atoms with Gasteiger partial charge in [-0.15, -0.1) is 10.2 Å². The highest BCUT2D eigenvalue weighted by Gasteiger charge is 2.34. The van der Waals surface area contributed by atoms with E-state index in [1.54, 1.807) is 4.90 Å². The first kappa shape index (κ1) is 27.4. The quantitative estimate of drug-likeness (QED) is 0.174. The van der Waals surface area contributed by atoms with Crippen molar-refractivity contribution in [2.45, 2.75) is 10.1 Å². The zero-order chi connectivity index (χ0) is 28.1. The number of benzene rings is 3. The summed E-state index contributed by atoms with van der Waals surface area (Å²) in [4.78, 5) is 29.5. The van der Waals surface area contributed by atoms with Gasteiger partial charge in [0.2, 0.25) is 21.1 Å². The van der Waals surface area contributed by atoms with Crippen LogP contribution in [0.15, 0.2) is 95.0 Å². The number of aromatic nitrogens is 3. The van der Waals surface area contributed by atoms with Crippen molar-refractivity contribution in [1.29, 1.82) is 0 Å². The number of carbonyl (C=O) groups excluding carboxylic acids is 1. The van der Waals surface area contributed by atoms with Crippen LogP contribution in [0.2, 0.25) is 0 Å². The summed E-state index contributed by atoms with van der Waals surface area (Å²) >= 11 is 1.16. The Bertz CT molecular complexity index is 1630. The molecular weight excluding hydrogens is 552 g/mol. The molecule has 13 heteroatoms. The fourth-order valence-corrected chi connectivity index (χ4v) is 6.59. The maximum atomic E-state index is 13.1. The number of piperazine rings is 1. The molecule has 5 rings (SSSR count). The van der Waals surface area contributed by atoms with Crippen LogP contribution in [0, 0.1) is 10.1 Å². The summed E-state index contributed by atoms with van der Waals surface area (Å²) < 4.78 is 27.3. The van der Waals surface area contributed by atoms with Gasteiger partial charge in [-0.1, -0.05) is 84.6 Å². The average molecular weight is 577 g/mol. The molecule has 0 radical (unpaired) electrons. The molecule has 204 valence electrons. The number of thioether (sulfide) groups is 1. The Balaban J connectivity index is 1.25. The highest BCUT2D eigenvalue weighted by molar-refractivity contribution is 7.99. The molecule has 3 aromatic carbocycles. The van der Waals surface area contributed by atoms with Crippen molar-refractivity contribution >= 4 is 33.4 Å². The van der Waals surface area contributed by atoms with E-state index in [-0.39, 0.29) is 42.7 Å². The molecule has 1 saturated heterocycles. The van der Waals surface area contributed by atoms with Crippen molar-refractivity contribution in [3.8, 4) is 22.5 Å². The number of nitrogens with zero attached hydrogens (tertiary/aromatic N) is 6. The van der Waals surface area contributed by atoms with Crippen molar-refractivity contribution < 1.29 is 18.1 Å². The fourth-order valence-electron chi connectivity index (χ4n) is 4.32. The summed E-state index contributed by atoms with van der Waals surface area (Å²) in [6, 6.07) is 24.5. The Morgan fingerprint density at radius 3 is 2.02 bits per heavy atom. The van der Waals surface area contributed by atoms with E-state index in [2.05, 4.69) is 10.2 Å². The van der Waals surface area contributed by atoms with Gasteiger partial charge in [-0.05, 0) is 6.07 Å². The third kappa shape index (κ3) is 5.86. The van der Waals surface area contributed by atoms with Crippen LogP contribution in [-0.2, 0) is 14.8 Å². The van der Waals surface area contributed by atoms with Crippen molar-refractivity contribution in [2.24, 2.45) is 0 Å². The largest absolute Gasteiger partial charge is 0.339 e. The first-order valence-corrected chi connectivity index (χ1v) is 14.8. The van der Waals surface area contributed by atoms with E-state index in [1.165, 1.54) is 22.5 Å². The predicted octanol–water partition coefficient (Wildman–Crippen LogP) is 3.74. The van der Waals surface area contributed by atoms with Crippen LogP contribution in [0.3, 0.4) is 0 Å². The average Bonchev–Trinajstić information content (AvgIpc) is 3.00. The molecule has 0 atom stereocenters. The van der Waals surface area contributed by atoms with E-state index in [4.69, 9.17) is 4.98 Å². The molecule has 0 spiro atoms. The van der Waals surface area contributed by atoms with Crippen LogP contribution in [-0.4, -0.2) is 75.6 Å². The molecule has 4 aromatic rings. The molecule has 1 amide bonds. The van der Waals surface area contributed by atoms with Crippen LogP contribution in [0.4, 0.5) is 5.69 Å². The molecule has 0 aliphatic carbocycles. The lowest BCUT2D eigenvalue weighted by Gasteiger charge is -2.33. The Hall–Kier alpha value is -4.20. The van der Waals surface area contributed by atoms with Crippen LogP contribution < -0.4 is 0 Å². The van der Waals surface area contributed by atoms with Gasteiger partial charge in [-0.25, -0.2) is 13.4 Å². The second-order valence-corrected chi connectivity index (χ2v) is 11.7. The normalized spacial score (nSPS) is 14.2. The van der Waals surface area contributed by atoms with E-state index in [0.29, 0.717) is 16.5 Å². The number of nitro benzene ring substituents is 1. The van der Waals surface area contributed by atoms with Crippen LogP contribution in [0.5, 0.6) is 0 Å². The first-order chi connectivity index (χ1) is 19.3. The molecule has 40 heavy (non-hydrogen) atoms. The molecule has 0 saturated carbocycles. The fraction of sp³-hybridized carbons (Fsp3) is 0.185. The van der Waals surface area contributed by atoms with Gasteiger partial charge in [0, 0.05) is 43.4 Å². The summed E-state index contributed by atoms with van der Waals surface area (Å²) in [6.07, 6.45) is 0. The molecule has 1 aromatic heterocycles. The van der Waals surface area contributed by atoms with Gasteiger partial charge in [-0.3, -0.25) is 14.9 Å². The third-order valence-electron chi connectivity index (χ3n) is 6.36. The van der Waals surface area contributed by atoms with Gasteiger partial charge < -0.3 is 4.90 Å². The standard InChI is InChI=1S/C27H24N6O5S2/c34-24(31-15-17-32(18-16-31)40(37,38)23-14-8-7-13-22(23)33(35)36)19-39-27-28-25(20-9-3-1-4-10-20)26(29-30-27)21-11-5-2-6-12-21/h1-14H,15-19H2. The van der Waals surface area contributed by atoms with Crippen LogP contribution in [0.25, 0.3) is 22.5 Å². The third-order valence-corrected chi connectivity index (χ3v) is 9.13. The number of rotatable bonds is 8. The maximum Gasteiger partial charge on any atom is 0.289 e. The second kappa shape index (κ2) is 11.9. The SMILES string of the molecule is O=C(CSc1nnc(-c2ccccc2)c(-c2ccccc2)n1)N1CCN(S(=O)(=O)c2ccccc2[N+](=O)[O-])CC1. The predicted molar refractivity (Wildman–Crippen MR) is 150 cm³/mol. The van der Waals surface area contributed by atoms with E-state index >= 15 is 0 Å². The number of para-hydroxylation sites is 1. The zero-order valence-corrected chi connectivity index (χ0v) is 22.8. The summed E-state index contributed by atoms with van der Waals surface area (Å²) in [7, 11) is -4.08. The molecule has 0 N–H and O–H groups in total. The zero-order valence-electron chi connectivity index (χ0n) is 21.2. The van der Waals surface area contributed by atoms with E-state index in [0.717, 1.165) is 29.0 Å².